The lowest BCUT2D eigenvalue weighted by Gasteiger charge is -2.26. The van der Waals surface area contributed by atoms with Crippen LogP contribution in [0.3, 0.4) is 0 Å². The molecule has 178 valence electrons. The second-order valence-electron chi connectivity index (χ2n) is 9.24. The Hall–Kier alpha value is -3.22. The minimum atomic E-state index is -0.621. The van der Waals surface area contributed by atoms with Gasteiger partial charge in [0.05, 0.1) is 26.2 Å². The van der Waals surface area contributed by atoms with Gasteiger partial charge in [0.25, 0.3) is 0 Å². The Balaban J connectivity index is 1.73. The Bertz CT molecular complexity index is 953. The van der Waals surface area contributed by atoms with E-state index in [1.165, 1.54) is 0 Å². The van der Waals surface area contributed by atoms with Crippen molar-refractivity contribution in [1.82, 2.24) is 5.32 Å². The third-order valence-electron chi connectivity index (χ3n) is 5.50. The van der Waals surface area contributed by atoms with Gasteiger partial charge >= 0.3 is 12.1 Å². The van der Waals surface area contributed by atoms with Crippen molar-refractivity contribution in [3.63, 3.8) is 0 Å². The molecule has 0 spiro atoms. The number of ether oxygens (including phenoxy) is 4. The molecule has 0 saturated carbocycles. The fourth-order valence-electron chi connectivity index (χ4n) is 3.98. The molecular formula is C26H33NO6. The normalized spacial score (nSPS) is 18.9. The van der Waals surface area contributed by atoms with Crippen LogP contribution in [0.2, 0.25) is 0 Å². The summed E-state index contributed by atoms with van der Waals surface area (Å²) in [4.78, 5) is 25.2. The molecule has 3 atom stereocenters. The number of nitrogens with one attached hydrogen (secondary N) is 1. The minimum Gasteiger partial charge on any atom is -0.493 e. The standard InChI is InChI=1S/C26H33NO6/c1-26(2,3)33-25(29)27-20(14-17-9-7-6-8-10-17)22-16-19(24(28)32-22)13-18-11-12-21(30-4)23(15-18)31-5/h6-12,15,19-20,22H,13-14,16H2,1-5H3,(H,27,29)/t19-,20+,22+/m1/s1. The van der Waals surface area contributed by atoms with Crippen molar-refractivity contribution in [1.29, 1.82) is 0 Å². The molecule has 1 saturated heterocycles. The van der Waals surface area contributed by atoms with E-state index in [-0.39, 0.29) is 11.9 Å². The summed E-state index contributed by atoms with van der Waals surface area (Å²) < 4.78 is 21.9. The molecule has 33 heavy (non-hydrogen) atoms. The monoisotopic (exact) mass is 455 g/mol. The molecule has 0 bridgehead atoms. The number of methoxy groups -OCH3 is 2. The van der Waals surface area contributed by atoms with Crippen LogP contribution in [0.5, 0.6) is 11.5 Å². The molecule has 0 radical (unpaired) electrons. The number of cyclic esters (lactones) is 1. The van der Waals surface area contributed by atoms with Gasteiger partial charge in [-0.3, -0.25) is 4.79 Å². The molecule has 1 fully saturated rings. The first-order chi connectivity index (χ1) is 15.7. The van der Waals surface area contributed by atoms with E-state index in [1.54, 1.807) is 14.2 Å². The van der Waals surface area contributed by atoms with E-state index in [9.17, 15) is 9.59 Å². The highest BCUT2D eigenvalue weighted by Gasteiger charge is 2.40. The molecule has 1 heterocycles. The van der Waals surface area contributed by atoms with Crippen molar-refractivity contribution >= 4 is 12.1 Å². The zero-order valence-electron chi connectivity index (χ0n) is 19.9. The van der Waals surface area contributed by atoms with Gasteiger partial charge < -0.3 is 24.3 Å². The van der Waals surface area contributed by atoms with Crippen LogP contribution < -0.4 is 14.8 Å². The Labute approximate surface area is 195 Å². The second-order valence-corrected chi connectivity index (χ2v) is 9.24. The average molecular weight is 456 g/mol. The smallest absolute Gasteiger partial charge is 0.408 e. The number of rotatable bonds is 8. The van der Waals surface area contributed by atoms with Gasteiger partial charge in [0.1, 0.15) is 11.7 Å². The van der Waals surface area contributed by atoms with E-state index in [1.807, 2.05) is 69.3 Å². The molecule has 2 aromatic carbocycles. The number of hydrogen-bond donors (Lipinski definition) is 1. The Morgan fingerprint density at radius 1 is 1.06 bits per heavy atom. The van der Waals surface area contributed by atoms with Crippen molar-refractivity contribution in [2.24, 2.45) is 5.92 Å². The Morgan fingerprint density at radius 2 is 1.76 bits per heavy atom. The number of amides is 1. The molecule has 1 amide bonds. The van der Waals surface area contributed by atoms with Crippen LogP contribution in [-0.4, -0.2) is 44.0 Å². The molecule has 7 nitrogen and oxygen atoms in total. The SMILES string of the molecule is COc1ccc(C[C@@H]2C[C@@H]([C@H](Cc3ccccc3)NC(=O)OC(C)(C)C)OC2=O)cc1OC. The van der Waals surface area contributed by atoms with Crippen molar-refractivity contribution in [3.8, 4) is 11.5 Å². The molecule has 2 aromatic rings. The highest BCUT2D eigenvalue weighted by molar-refractivity contribution is 5.75. The predicted octanol–water partition coefficient (Wildman–Crippen LogP) is 4.31. The Kier molecular flexibility index (Phi) is 7.84. The molecule has 1 aliphatic rings. The summed E-state index contributed by atoms with van der Waals surface area (Å²) >= 11 is 0. The number of hydrogen-bond acceptors (Lipinski definition) is 6. The highest BCUT2D eigenvalue weighted by Crippen LogP contribution is 2.32. The molecule has 3 rings (SSSR count). The quantitative estimate of drug-likeness (QED) is 0.597. The van der Waals surface area contributed by atoms with Crippen LogP contribution in [0.4, 0.5) is 4.79 Å². The van der Waals surface area contributed by atoms with E-state index >= 15 is 0 Å². The molecule has 1 N–H and O–H groups in total. The first-order valence-corrected chi connectivity index (χ1v) is 11.1. The maximum Gasteiger partial charge on any atom is 0.408 e. The summed E-state index contributed by atoms with van der Waals surface area (Å²) in [6.07, 6.45) is 0.570. The summed E-state index contributed by atoms with van der Waals surface area (Å²) in [6, 6.07) is 15.0. The predicted molar refractivity (Wildman–Crippen MR) is 125 cm³/mol. The van der Waals surface area contributed by atoms with Crippen LogP contribution in [-0.2, 0) is 27.1 Å². The van der Waals surface area contributed by atoms with Crippen molar-refractivity contribution in [2.45, 2.75) is 57.8 Å². The number of esters is 1. The van der Waals surface area contributed by atoms with Gasteiger partial charge in [0.15, 0.2) is 11.5 Å². The lowest BCUT2D eigenvalue weighted by Crippen LogP contribution is -2.46. The topological polar surface area (TPSA) is 83.1 Å². The third-order valence-corrected chi connectivity index (χ3v) is 5.50. The van der Waals surface area contributed by atoms with E-state index in [2.05, 4.69) is 5.32 Å². The number of benzene rings is 2. The van der Waals surface area contributed by atoms with Gasteiger partial charge in [0, 0.05) is 6.42 Å². The van der Waals surface area contributed by atoms with Crippen molar-refractivity contribution in [3.05, 3.63) is 59.7 Å². The van der Waals surface area contributed by atoms with Crippen LogP contribution in [0.15, 0.2) is 48.5 Å². The first-order valence-electron chi connectivity index (χ1n) is 11.1. The van der Waals surface area contributed by atoms with Gasteiger partial charge in [-0.25, -0.2) is 4.79 Å². The van der Waals surface area contributed by atoms with Gasteiger partial charge in [-0.15, -0.1) is 0 Å². The summed E-state index contributed by atoms with van der Waals surface area (Å²) in [5, 5.41) is 2.93. The zero-order chi connectivity index (χ0) is 24.0. The summed E-state index contributed by atoms with van der Waals surface area (Å²) in [7, 11) is 3.17. The molecular weight excluding hydrogens is 422 g/mol. The second kappa shape index (κ2) is 10.6. The van der Waals surface area contributed by atoms with Gasteiger partial charge in [-0.2, -0.15) is 0 Å². The maximum absolute atomic E-state index is 12.7. The van der Waals surface area contributed by atoms with E-state index < -0.39 is 23.8 Å². The number of carbonyl (C=O) groups is 2. The summed E-state index contributed by atoms with van der Waals surface area (Å²) in [5.41, 5.74) is 1.37. The lowest BCUT2D eigenvalue weighted by molar-refractivity contribution is -0.145. The minimum absolute atomic E-state index is 0.265. The van der Waals surface area contributed by atoms with Crippen LogP contribution in [0.25, 0.3) is 0 Å². The van der Waals surface area contributed by atoms with E-state index in [4.69, 9.17) is 18.9 Å². The Morgan fingerprint density at radius 3 is 2.39 bits per heavy atom. The lowest BCUT2D eigenvalue weighted by atomic mass is 9.92. The molecule has 1 aliphatic heterocycles. The van der Waals surface area contributed by atoms with Crippen molar-refractivity contribution < 1.29 is 28.5 Å². The van der Waals surface area contributed by atoms with Gasteiger partial charge in [-0.05, 0) is 56.9 Å². The van der Waals surface area contributed by atoms with Crippen molar-refractivity contribution in [2.75, 3.05) is 14.2 Å². The largest absolute Gasteiger partial charge is 0.493 e. The van der Waals surface area contributed by atoms with Crippen LogP contribution in [0.1, 0.15) is 38.3 Å². The maximum atomic E-state index is 12.7. The number of carbonyl (C=O) groups excluding carboxylic acids is 2. The zero-order valence-corrected chi connectivity index (χ0v) is 19.9. The molecule has 0 unspecified atom stereocenters. The fourth-order valence-corrected chi connectivity index (χ4v) is 3.98. The van der Waals surface area contributed by atoms with Gasteiger partial charge in [-0.1, -0.05) is 36.4 Å². The van der Waals surface area contributed by atoms with E-state index in [0.29, 0.717) is 30.8 Å². The van der Waals surface area contributed by atoms with E-state index in [0.717, 1.165) is 11.1 Å². The molecule has 0 aliphatic carbocycles. The van der Waals surface area contributed by atoms with Gasteiger partial charge in [0.2, 0.25) is 0 Å². The highest BCUT2D eigenvalue weighted by atomic mass is 16.6. The summed E-state index contributed by atoms with van der Waals surface area (Å²) in [5.74, 6) is 0.676. The first kappa shape index (κ1) is 24.4. The fraction of sp³-hybridized carbons (Fsp3) is 0.462. The van der Waals surface area contributed by atoms with Crippen LogP contribution >= 0.6 is 0 Å². The molecule has 7 heteroatoms. The molecule has 0 aromatic heterocycles. The summed E-state index contributed by atoms with van der Waals surface area (Å²) in [6.45, 7) is 5.44. The number of alkyl carbamates (subject to hydrolysis) is 1. The average Bonchev–Trinajstić information content (AvgIpc) is 3.12. The third kappa shape index (κ3) is 6.88. The van der Waals surface area contributed by atoms with Crippen LogP contribution in [0, 0.1) is 5.92 Å².